The highest BCUT2D eigenvalue weighted by molar-refractivity contribution is 5.86. The minimum atomic E-state index is -0.873. The molecule has 3 heteroatoms. The van der Waals surface area contributed by atoms with Crippen LogP contribution >= 0.6 is 0 Å². The summed E-state index contributed by atoms with van der Waals surface area (Å²) in [4.78, 5) is 15.7. The van der Waals surface area contributed by atoms with Crippen molar-refractivity contribution in [2.75, 3.05) is 7.05 Å². The van der Waals surface area contributed by atoms with E-state index in [-0.39, 0.29) is 18.1 Å². The molecule has 0 bridgehead atoms. The lowest BCUT2D eigenvalue weighted by Gasteiger charge is -2.48. The molecule has 0 N–H and O–H groups in total. The van der Waals surface area contributed by atoms with Crippen molar-refractivity contribution in [3.63, 3.8) is 0 Å². The highest BCUT2D eigenvalue weighted by Crippen LogP contribution is 2.38. The summed E-state index contributed by atoms with van der Waals surface area (Å²) in [5, 5.41) is 0. The first-order valence-corrected chi connectivity index (χ1v) is 10.4. The Morgan fingerprint density at radius 2 is 1.47 bits per heavy atom. The van der Waals surface area contributed by atoms with Crippen molar-refractivity contribution in [1.82, 2.24) is 4.90 Å². The largest absolute Gasteiger partial charge is 0.454 e. The summed E-state index contributed by atoms with van der Waals surface area (Å²) in [6.07, 6.45) is 4.29. The van der Waals surface area contributed by atoms with E-state index in [1.165, 1.54) is 0 Å². The van der Waals surface area contributed by atoms with Crippen molar-refractivity contribution >= 4 is 12.0 Å². The van der Waals surface area contributed by atoms with Gasteiger partial charge in [0.1, 0.15) is 11.6 Å². The van der Waals surface area contributed by atoms with Gasteiger partial charge in [-0.2, -0.15) is 0 Å². The molecule has 1 fully saturated rings. The van der Waals surface area contributed by atoms with Crippen LogP contribution in [0.5, 0.6) is 0 Å². The van der Waals surface area contributed by atoms with Gasteiger partial charge in [-0.15, -0.1) is 0 Å². The summed E-state index contributed by atoms with van der Waals surface area (Å²) >= 11 is 0. The molecule has 1 heterocycles. The first-order chi connectivity index (χ1) is 14.6. The van der Waals surface area contributed by atoms with Crippen molar-refractivity contribution in [1.29, 1.82) is 0 Å². The third kappa shape index (κ3) is 3.94. The van der Waals surface area contributed by atoms with Gasteiger partial charge in [0.05, 0.1) is 0 Å². The highest BCUT2D eigenvalue weighted by atomic mass is 16.6. The lowest BCUT2D eigenvalue weighted by atomic mass is 9.83. The third-order valence-corrected chi connectivity index (χ3v) is 6.06. The van der Waals surface area contributed by atoms with Crippen molar-refractivity contribution in [3.05, 3.63) is 114 Å². The summed E-state index contributed by atoms with van der Waals surface area (Å²) in [6, 6.07) is 30.2. The van der Waals surface area contributed by atoms with Gasteiger partial charge in [-0.05, 0) is 30.7 Å². The molecule has 30 heavy (non-hydrogen) atoms. The molecule has 3 aromatic carbocycles. The Bertz CT molecular complexity index is 1000. The fourth-order valence-electron chi connectivity index (χ4n) is 4.16. The number of benzene rings is 3. The average Bonchev–Trinajstić information content (AvgIpc) is 2.80. The Morgan fingerprint density at radius 1 is 0.900 bits per heavy atom. The molecule has 152 valence electrons. The van der Waals surface area contributed by atoms with Gasteiger partial charge < -0.3 is 4.74 Å². The highest BCUT2D eigenvalue weighted by Gasteiger charge is 2.50. The van der Waals surface area contributed by atoms with E-state index >= 15 is 0 Å². The number of morpholine rings is 1. The molecule has 0 unspecified atom stereocenters. The third-order valence-electron chi connectivity index (χ3n) is 6.06. The molecular formula is C27H27NO2. The molecular weight excluding hydrogens is 370 g/mol. The second kappa shape index (κ2) is 8.68. The molecule has 0 amide bonds. The van der Waals surface area contributed by atoms with Crippen LogP contribution in [0.3, 0.4) is 0 Å². The van der Waals surface area contributed by atoms with E-state index in [4.69, 9.17) is 4.74 Å². The fraction of sp³-hybridized carbons (Fsp3) is 0.222. The standard InChI is InChI=1S/C27H27NO2/c1-21-25(24-16-10-5-11-17-24)30-26(29)27(28(21)2,20-23-14-8-4-9-15-23)19-18-22-12-6-3-7-13-22/h3-19,21,25H,20H2,1-2H3/b19-18+/t21-,25-,27-/m0/s1. The zero-order valence-electron chi connectivity index (χ0n) is 17.4. The number of hydrogen-bond donors (Lipinski definition) is 0. The van der Waals surface area contributed by atoms with E-state index in [0.29, 0.717) is 6.42 Å². The lowest BCUT2D eigenvalue weighted by molar-refractivity contribution is -0.180. The predicted octanol–water partition coefficient (Wildman–Crippen LogP) is 5.30. The van der Waals surface area contributed by atoms with Gasteiger partial charge in [-0.3, -0.25) is 4.90 Å². The zero-order valence-corrected chi connectivity index (χ0v) is 17.4. The maximum absolute atomic E-state index is 13.6. The van der Waals surface area contributed by atoms with E-state index in [1.807, 2.05) is 98.1 Å². The molecule has 1 aliphatic heterocycles. The van der Waals surface area contributed by atoms with Crippen molar-refractivity contribution < 1.29 is 9.53 Å². The Balaban J connectivity index is 1.73. The predicted molar refractivity (Wildman–Crippen MR) is 121 cm³/mol. The Hall–Kier alpha value is -3.17. The van der Waals surface area contributed by atoms with Gasteiger partial charge in [0, 0.05) is 12.5 Å². The molecule has 0 aliphatic carbocycles. The number of likely N-dealkylation sites (N-methyl/N-ethyl adjacent to an activating group) is 1. The minimum Gasteiger partial charge on any atom is -0.454 e. The molecule has 0 spiro atoms. The number of carbonyl (C=O) groups excluding carboxylic acids is 1. The molecule has 3 atom stereocenters. The molecule has 0 aromatic heterocycles. The average molecular weight is 398 g/mol. The Labute approximate surface area is 178 Å². The van der Waals surface area contributed by atoms with E-state index in [0.717, 1.165) is 16.7 Å². The summed E-state index contributed by atoms with van der Waals surface area (Å²) in [5.41, 5.74) is 2.31. The summed E-state index contributed by atoms with van der Waals surface area (Å²) < 4.78 is 6.10. The van der Waals surface area contributed by atoms with Gasteiger partial charge >= 0.3 is 5.97 Å². The quantitative estimate of drug-likeness (QED) is 0.547. The van der Waals surface area contributed by atoms with E-state index in [1.54, 1.807) is 0 Å². The van der Waals surface area contributed by atoms with Crippen LogP contribution in [0.15, 0.2) is 97.1 Å². The molecule has 1 saturated heterocycles. The maximum atomic E-state index is 13.6. The lowest BCUT2D eigenvalue weighted by Crippen LogP contribution is -2.62. The second-order valence-corrected chi connectivity index (χ2v) is 7.92. The van der Waals surface area contributed by atoms with Crippen molar-refractivity contribution in [3.8, 4) is 0 Å². The van der Waals surface area contributed by atoms with Crippen LogP contribution in [0.1, 0.15) is 29.7 Å². The maximum Gasteiger partial charge on any atom is 0.331 e. The summed E-state index contributed by atoms with van der Waals surface area (Å²) in [6.45, 7) is 2.13. The molecule has 4 rings (SSSR count). The molecule has 3 nitrogen and oxygen atoms in total. The number of carbonyl (C=O) groups is 1. The summed E-state index contributed by atoms with van der Waals surface area (Å²) in [7, 11) is 2.03. The van der Waals surface area contributed by atoms with Crippen LogP contribution in [0.2, 0.25) is 0 Å². The number of nitrogens with zero attached hydrogens (tertiary/aromatic N) is 1. The van der Waals surface area contributed by atoms with Gasteiger partial charge in [0.2, 0.25) is 0 Å². The number of rotatable bonds is 5. The first-order valence-electron chi connectivity index (χ1n) is 10.4. The van der Waals surface area contributed by atoms with Crippen LogP contribution in [-0.2, 0) is 16.0 Å². The Morgan fingerprint density at radius 3 is 2.10 bits per heavy atom. The molecule has 3 aromatic rings. The Kier molecular flexibility index (Phi) is 5.82. The van der Waals surface area contributed by atoms with E-state index in [9.17, 15) is 4.79 Å². The molecule has 0 saturated carbocycles. The smallest absolute Gasteiger partial charge is 0.331 e. The van der Waals surface area contributed by atoms with Crippen LogP contribution in [0.25, 0.3) is 6.08 Å². The van der Waals surface area contributed by atoms with Gasteiger partial charge in [0.15, 0.2) is 0 Å². The fourth-order valence-corrected chi connectivity index (χ4v) is 4.16. The molecule has 1 aliphatic rings. The van der Waals surface area contributed by atoms with Crippen molar-refractivity contribution in [2.24, 2.45) is 0 Å². The van der Waals surface area contributed by atoms with Crippen molar-refractivity contribution in [2.45, 2.75) is 31.0 Å². The second-order valence-electron chi connectivity index (χ2n) is 7.92. The number of ether oxygens (including phenoxy) is 1. The SMILES string of the molecule is C[C@H]1[C@@H](c2ccccc2)OC(=O)[C@](/C=C/c2ccccc2)(Cc2ccccc2)N1C. The van der Waals surface area contributed by atoms with Crippen LogP contribution in [0, 0.1) is 0 Å². The topological polar surface area (TPSA) is 29.5 Å². The van der Waals surface area contributed by atoms with E-state index < -0.39 is 5.54 Å². The summed E-state index contributed by atoms with van der Waals surface area (Å²) in [5.74, 6) is -0.215. The van der Waals surface area contributed by atoms with Gasteiger partial charge in [-0.25, -0.2) is 4.79 Å². The number of hydrogen-bond acceptors (Lipinski definition) is 3. The minimum absolute atomic E-state index is 0.0224. The number of esters is 1. The van der Waals surface area contributed by atoms with Gasteiger partial charge in [-0.1, -0.05) is 103 Å². The zero-order chi connectivity index (χ0) is 21.0. The van der Waals surface area contributed by atoms with E-state index in [2.05, 4.69) is 24.0 Å². The monoisotopic (exact) mass is 397 g/mol. The van der Waals surface area contributed by atoms with Gasteiger partial charge in [0.25, 0.3) is 0 Å². The molecule has 0 radical (unpaired) electrons. The normalized spacial score (nSPS) is 24.7. The van der Waals surface area contributed by atoms with Crippen LogP contribution < -0.4 is 0 Å². The van der Waals surface area contributed by atoms with Crippen LogP contribution in [0.4, 0.5) is 0 Å². The first kappa shape index (κ1) is 20.1. The number of cyclic esters (lactones) is 1. The van der Waals surface area contributed by atoms with Crippen LogP contribution in [-0.4, -0.2) is 29.5 Å².